The Morgan fingerprint density at radius 2 is 2.00 bits per heavy atom. The highest BCUT2D eigenvalue weighted by Gasteiger charge is 2.05. The van der Waals surface area contributed by atoms with Crippen LogP contribution < -0.4 is 5.73 Å². The van der Waals surface area contributed by atoms with Crippen molar-refractivity contribution in [3.8, 4) is 0 Å². The van der Waals surface area contributed by atoms with Gasteiger partial charge >= 0.3 is 0 Å². The van der Waals surface area contributed by atoms with Crippen LogP contribution in [-0.4, -0.2) is 35.3 Å². The third kappa shape index (κ3) is 4.96. The average molecular weight is 267 g/mol. The number of aromatic nitrogens is 1. The molecule has 18 heavy (non-hydrogen) atoms. The number of hydrogen-bond donors (Lipinski definition) is 1. The zero-order valence-electron chi connectivity index (χ0n) is 11.7. The molecular formula is C14H25N3S. The molecule has 0 spiro atoms. The summed E-state index contributed by atoms with van der Waals surface area (Å²) < 4.78 is 0. The highest BCUT2D eigenvalue weighted by Crippen LogP contribution is 2.19. The molecule has 1 unspecified atom stereocenters. The van der Waals surface area contributed by atoms with Gasteiger partial charge in [-0.2, -0.15) is 0 Å². The first-order chi connectivity index (χ1) is 8.71. The van der Waals surface area contributed by atoms with Gasteiger partial charge in [-0.05, 0) is 31.6 Å². The minimum absolute atomic E-state index is 0.0692. The van der Waals surface area contributed by atoms with Crippen LogP contribution in [0.3, 0.4) is 0 Å². The van der Waals surface area contributed by atoms with Gasteiger partial charge in [0.2, 0.25) is 0 Å². The predicted molar refractivity (Wildman–Crippen MR) is 80.0 cm³/mol. The summed E-state index contributed by atoms with van der Waals surface area (Å²) in [6.07, 6.45) is 2.87. The number of nitrogens with zero attached hydrogens (tertiary/aromatic N) is 2. The normalized spacial score (nSPS) is 12.9. The van der Waals surface area contributed by atoms with Crippen molar-refractivity contribution in [2.24, 2.45) is 5.73 Å². The maximum atomic E-state index is 5.94. The molecule has 0 bridgehead atoms. The van der Waals surface area contributed by atoms with E-state index in [1.165, 1.54) is 4.90 Å². The van der Waals surface area contributed by atoms with Crippen LogP contribution in [0, 0.1) is 0 Å². The van der Waals surface area contributed by atoms with Gasteiger partial charge < -0.3 is 10.6 Å². The van der Waals surface area contributed by atoms with Gasteiger partial charge in [-0.3, -0.25) is 4.98 Å². The molecule has 0 fully saturated rings. The minimum Gasteiger partial charge on any atom is -0.323 e. The van der Waals surface area contributed by atoms with Crippen molar-refractivity contribution in [1.82, 2.24) is 9.88 Å². The minimum atomic E-state index is 0.0692. The maximum Gasteiger partial charge on any atom is 0.0571 e. The fraction of sp³-hybridized carbons (Fsp3) is 0.643. The first-order valence-corrected chi connectivity index (χ1v) is 7.76. The Labute approximate surface area is 115 Å². The van der Waals surface area contributed by atoms with Gasteiger partial charge in [0.1, 0.15) is 0 Å². The quantitative estimate of drug-likeness (QED) is 0.735. The molecule has 0 amide bonds. The van der Waals surface area contributed by atoms with Crippen LogP contribution in [0.1, 0.15) is 38.9 Å². The Kier molecular flexibility index (Phi) is 7.32. The molecule has 1 heterocycles. The fourth-order valence-electron chi connectivity index (χ4n) is 1.74. The first-order valence-electron chi connectivity index (χ1n) is 6.77. The summed E-state index contributed by atoms with van der Waals surface area (Å²) in [7, 11) is 0. The summed E-state index contributed by atoms with van der Waals surface area (Å²) in [6, 6.07) is 4.25. The van der Waals surface area contributed by atoms with Crippen LogP contribution in [0.2, 0.25) is 0 Å². The molecule has 0 saturated carbocycles. The topological polar surface area (TPSA) is 42.1 Å². The van der Waals surface area contributed by atoms with Crippen LogP contribution in [0.5, 0.6) is 0 Å². The van der Waals surface area contributed by atoms with Crippen LogP contribution in [0.4, 0.5) is 0 Å². The lowest BCUT2D eigenvalue weighted by Gasteiger charge is -2.17. The molecule has 0 saturated heterocycles. The van der Waals surface area contributed by atoms with Crippen molar-refractivity contribution in [1.29, 1.82) is 0 Å². The molecule has 0 aliphatic rings. The van der Waals surface area contributed by atoms with Gasteiger partial charge in [-0.15, -0.1) is 11.8 Å². The summed E-state index contributed by atoms with van der Waals surface area (Å²) in [5.41, 5.74) is 6.94. The van der Waals surface area contributed by atoms with Crippen LogP contribution >= 0.6 is 11.8 Å². The lowest BCUT2D eigenvalue weighted by molar-refractivity contribution is 0.324. The van der Waals surface area contributed by atoms with Crippen LogP contribution in [0.15, 0.2) is 23.2 Å². The third-order valence-corrected chi connectivity index (χ3v) is 4.11. The van der Waals surface area contributed by atoms with Crippen molar-refractivity contribution in [2.45, 2.75) is 38.1 Å². The van der Waals surface area contributed by atoms with Gasteiger partial charge in [0.15, 0.2) is 0 Å². The predicted octanol–water partition coefficient (Wildman–Crippen LogP) is 2.93. The molecule has 0 aliphatic carbocycles. The smallest absolute Gasteiger partial charge is 0.0571 e. The molecule has 1 rings (SSSR count). The molecular weight excluding hydrogens is 242 g/mol. The number of nitrogens with two attached hydrogens (primary N) is 1. The molecule has 102 valence electrons. The summed E-state index contributed by atoms with van der Waals surface area (Å²) in [6.45, 7) is 9.87. The van der Waals surface area contributed by atoms with Gasteiger partial charge in [0, 0.05) is 29.4 Å². The van der Waals surface area contributed by atoms with Crippen molar-refractivity contribution in [3.63, 3.8) is 0 Å². The second-order valence-corrected chi connectivity index (χ2v) is 5.48. The number of hydrogen-bond acceptors (Lipinski definition) is 4. The van der Waals surface area contributed by atoms with Gasteiger partial charge in [0.25, 0.3) is 0 Å². The first kappa shape index (κ1) is 15.5. The standard InChI is InChI=1S/C14H25N3S/c1-4-13(15)14-8-7-12(11-16-14)18-10-9-17(5-2)6-3/h7-8,11,13H,4-6,9-10,15H2,1-3H3. The molecule has 1 aromatic rings. The summed E-state index contributed by atoms with van der Waals surface area (Å²) in [4.78, 5) is 8.09. The molecule has 0 aliphatic heterocycles. The lowest BCUT2D eigenvalue weighted by Crippen LogP contribution is -2.25. The van der Waals surface area contributed by atoms with Crippen molar-refractivity contribution < 1.29 is 0 Å². The van der Waals surface area contributed by atoms with E-state index in [0.717, 1.165) is 37.5 Å². The molecule has 0 aromatic carbocycles. The molecule has 1 atom stereocenters. The van der Waals surface area contributed by atoms with Gasteiger partial charge in [-0.1, -0.05) is 20.8 Å². The van der Waals surface area contributed by atoms with E-state index in [0.29, 0.717) is 0 Å². The van der Waals surface area contributed by atoms with E-state index in [1.54, 1.807) is 0 Å². The highest BCUT2D eigenvalue weighted by atomic mass is 32.2. The SMILES string of the molecule is CCC(N)c1ccc(SCCN(CC)CC)cn1. The number of rotatable bonds is 8. The summed E-state index contributed by atoms with van der Waals surface area (Å²) in [5, 5.41) is 0. The van der Waals surface area contributed by atoms with Gasteiger partial charge in [-0.25, -0.2) is 0 Å². The Morgan fingerprint density at radius 3 is 2.50 bits per heavy atom. The van der Waals surface area contributed by atoms with Crippen LogP contribution in [0.25, 0.3) is 0 Å². The zero-order chi connectivity index (χ0) is 13.4. The molecule has 2 N–H and O–H groups in total. The summed E-state index contributed by atoms with van der Waals surface area (Å²) >= 11 is 1.86. The van der Waals surface area contributed by atoms with Crippen LogP contribution in [-0.2, 0) is 0 Å². The molecule has 1 aromatic heterocycles. The zero-order valence-corrected chi connectivity index (χ0v) is 12.5. The second kappa shape index (κ2) is 8.51. The molecule has 3 nitrogen and oxygen atoms in total. The van der Waals surface area contributed by atoms with E-state index in [4.69, 9.17) is 5.73 Å². The van der Waals surface area contributed by atoms with Crippen molar-refractivity contribution >= 4 is 11.8 Å². The van der Waals surface area contributed by atoms with E-state index in [9.17, 15) is 0 Å². The average Bonchev–Trinajstić information content (AvgIpc) is 2.43. The lowest BCUT2D eigenvalue weighted by atomic mass is 10.1. The van der Waals surface area contributed by atoms with E-state index in [2.05, 4.69) is 36.7 Å². The van der Waals surface area contributed by atoms with E-state index in [1.807, 2.05) is 24.0 Å². The number of pyridine rings is 1. The Bertz CT molecular complexity index is 322. The Hall–Kier alpha value is -0.580. The van der Waals surface area contributed by atoms with Gasteiger partial charge in [0.05, 0.1) is 5.69 Å². The Balaban J connectivity index is 2.39. The highest BCUT2D eigenvalue weighted by molar-refractivity contribution is 7.99. The van der Waals surface area contributed by atoms with E-state index in [-0.39, 0.29) is 6.04 Å². The maximum absolute atomic E-state index is 5.94. The Morgan fingerprint density at radius 1 is 1.28 bits per heavy atom. The van der Waals surface area contributed by atoms with E-state index < -0.39 is 0 Å². The third-order valence-electron chi connectivity index (χ3n) is 3.15. The fourth-order valence-corrected chi connectivity index (χ4v) is 2.61. The second-order valence-electron chi connectivity index (χ2n) is 4.31. The van der Waals surface area contributed by atoms with Crippen molar-refractivity contribution in [2.75, 3.05) is 25.4 Å². The molecule has 0 radical (unpaired) electrons. The monoisotopic (exact) mass is 267 g/mol. The summed E-state index contributed by atoms with van der Waals surface area (Å²) in [5.74, 6) is 1.11. The van der Waals surface area contributed by atoms with Crippen molar-refractivity contribution in [3.05, 3.63) is 24.0 Å². The largest absolute Gasteiger partial charge is 0.323 e. The number of thioether (sulfide) groups is 1. The molecule has 4 heteroatoms. The van der Waals surface area contributed by atoms with E-state index >= 15 is 0 Å².